The van der Waals surface area contributed by atoms with E-state index in [0.717, 1.165) is 18.4 Å². The Hall–Kier alpha value is -2.71. The Kier molecular flexibility index (Phi) is 5.64. The minimum atomic E-state index is -0.451. The zero-order chi connectivity index (χ0) is 20.4. The third-order valence-electron chi connectivity index (χ3n) is 5.43. The van der Waals surface area contributed by atoms with Gasteiger partial charge in [0.1, 0.15) is 12.2 Å². The van der Waals surface area contributed by atoms with E-state index in [1.807, 2.05) is 49.1 Å². The van der Waals surface area contributed by atoms with Crippen molar-refractivity contribution in [3.63, 3.8) is 0 Å². The first-order valence-electron chi connectivity index (χ1n) is 10.3. The van der Waals surface area contributed by atoms with E-state index >= 15 is 0 Å². The van der Waals surface area contributed by atoms with E-state index in [1.165, 1.54) is 10.5 Å². The number of hydrogen-bond donors (Lipinski definition) is 2. The number of fused-ring (bicyclic) bond motifs is 1. The normalized spacial score (nSPS) is 24.3. The molecule has 0 aliphatic carbocycles. The molecule has 0 spiro atoms. The molecule has 2 aliphatic heterocycles. The summed E-state index contributed by atoms with van der Waals surface area (Å²) in [6.45, 7) is 5.76. The summed E-state index contributed by atoms with van der Waals surface area (Å²) in [6, 6.07) is 9.50. The van der Waals surface area contributed by atoms with Crippen LogP contribution < -0.4 is 10.6 Å². The molecular formula is C21H28N6O2. The van der Waals surface area contributed by atoms with Crippen LogP contribution >= 0.6 is 0 Å². The van der Waals surface area contributed by atoms with Crippen LogP contribution in [-0.4, -0.2) is 56.8 Å². The number of amides is 3. The fraction of sp³-hybridized carbons (Fsp3) is 0.476. The lowest BCUT2D eigenvalue weighted by molar-refractivity contribution is -0.135. The summed E-state index contributed by atoms with van der Waals surface area (Å²) in [5, 5.41) is 11.3. The van der Waals surface area contributed by atoms with Crippen molar-refractivity contribution >= 4 is 11.9 Å². The highest BCUT2D eigenvalue weighted by molar-refractivity contribution is 6.00. The van der Waals surface area contributed by atoms with Crippen molar-refractivity contribution in [2.75, 3.05) is 13.1 Å². The third-order valence-corrected chi connectivity index (χ3v) is 5.43. The molecule has 3 atom stereocenters. The highest BCUT2D eigenvalue weighted by atomic mass is 16.2. The Morgan fingerprint density at radius 2 is 1.79 bits per heavy atom. The highest BCUT2D eigenvalue weighted by Gasteiger charge is 2.50. The van der Waals surface area contributed by atoms with Crippen molar-refractivity contribution in [3.05, 3.63) is 53.9 Å². The number of urea groups is 1. The number of carbonyl (C=O) groups is 2. The van der Waals surface area contributed by atoms with Gasteiger partial charge in [0.25, 0.3) is 5.91 Å². The molecule has 3 amide bonds. The molecule has 0 bridgehead atoms. The monoisotopic (exact) mass is 396 g/mol. The topological polar surface area (TPSA) is 82.5 Å². The maximum Gasteiger partial charge on any atom is 0.328 e. The van der Waals surface area contributed by atoms with Crippen LogP contribution in [0.25, 0.3) is 0 Å². The molecule has 8 nitrogen and oxygen atoms in total. The molecule has 2 aliphatic rings. The predicted molar refractivity (Wildman–Crippen MR) is 109 cm³/mol. The minimum Gasteiger partial charge on any atom is -0.307 e. The summed E-state index contributed by atoms with van der Waals surface area (Å²) in [6.07, 6.45) is 4.81. The number of aromatic nitrogens is 2. The van der Waals surface area contributed by atoms with Crippen LogP contribution in [0.2, 0.25) is 0 Å². The number of carbonyl (C=O) groups excluding carboxylic acids is 2. The second-order valence-corrected chi connectivity index (χ2v) is 7.61. The van der Waals surface area contributed by atoms with Gasteiger partial charge in [-0.15, -0.1) is 0 Å². The molecule has 2 fully saturated rings. The van der Waals surface area contributed by atoms with Gasteiger partial charge in [0.05, 0.1) is 18.9 Å². The van der Waals surface area contributed by atoms with Gasteiger partial charge in [-0.25, -0.2) is 4.79 Å². The van der Waals surface area contributed by atoms with Crippen molar-refractivity contribution in [3.8, 4) is 0 Å². The van der Waals surface area contributed by atoms with Gasteiger partial charge in [0.2, 0.25) is 0 Å². The lowest BCUT2D eigenvalue weighted by Crippen LogP contribution is -2.67. The zero-order valence-corrected chi connectivity index (χ0v) is 16.9. The number of benzene rings is 1. The number of rotatable bonds is 7. The number of nitrogens with one attached hydrogen (secondary N) is 2. The standard InChI is InChI=1S/C21H28N6O2/c1-3-10-26-19-17(20(28)27(11-4-2)21(26)29)23-18(24-19)16-12-22-25(14-16)13-15-8-6-5-7-9-15/h5-9,12,14,17-19,23-24H,3-4,10-11,13H2,1-2H3. The summed E-state index contributed by atoms with van der Waals surface area (Å²) in [4.78, 5) is 29.0. The molecule has 3 unspecified atom stereocenters. The maximum atomic E-state index is 12.9. The van der Waals surface area contributed by atoms with Crippen LogP contribution in [0.3, 0.4) is 0 Å². The molecule has 0 saturated carbocycles. The Labute approximate surface area is 170 Å². The summed E-state index contributed by atoms with van der Waals surface area (Å²) in [7, 11) is 0. The summed E-state index contributed by atoms with van der Waals surface area (Å²) >= 11 is 0. The highest BCUT2D eigenvalue weighted by Crippen LogP contribution is 2.27. The first-order valence-corrected chi connectivity index (χ1v) is 10.3. The van der Waals surface area contributed by atoms with Crippen LogP contribution in [0.15, 0.2) is 42.7 Å². The molecule has 29 heavy (non-hydrogen) atoms. The summed E-state index contributed by atoms with van der Waals surface area (Å²) < 4.78 is 1.89. The van der Waals surface area contributed by atoms with Crippen molar-refractivity contribution in [2.45, 2.75) is 51.6 Å². The molecular weight excluding hydrogens is 368 g/mol. The molecule has 0 radical (unpaired) electrons. The zero-order valence-electron chi connectivity index (χ0n) is 16.9. The van der Waals surface area contributed by atoms with Gasteiger partial charge < -0.3 is 4.90 Å². The lowest BCUT2D eigenvalue weighted by atomic mass is 10.1. The third kappa shape index (κ3) is 3.77. The first kappa shape index (κ1) is 19.6. The van der Waals surface area contributed by atoms with E-state index in [-0.39, 0.29) is 24.3 Å². The van der Waals surface area contributed by atoms with E-state index in [1.54, 1.807) is 4.90 Å². The largest absolute Gasteiger partial charge is 0.328 e. The van der Waals surface area contributed by atoms with E-state index in [4.69, 9.17) is 0 Å². The molecule has 3 heterocycles. The molecule has 2 N–H and O–H groups in total. The first-order chi connectivity index (χ1) is 14.1. The van der Waals surface area contributed by atoms with E-state index in [0.29, 0.717) is 19.6 Å². The van der Waals surface area contributed by atoms with Gasteiger partial charge in [-0.3, -0.25) is 25.0 Å². The van der Waals surface area contributed by atoms with E-state index < -0.39 is 6.04 Å². The summed E-state index contributed by atoms with van der Waals surface area (Å²) in [5.41, 5.74) is 2.13. The molecule has 1 aromatic heterocycles. The lowest BCUT2D eigenvalue weighted by Gasteiger charge is -2.41. The number of nitrogens with zero attached hydrogens (tertiary/aromatic N) is 4. The second kappa shape index (κ2) is 8.34. The van der Waals surface area contributed by atoms with Crippen LogP contribution in [0, 0.1) is 0 Å². The molecule has 8 heteroatoms. The van der Waals surface area contributed by atoms with Crippen molar-refractivity contribution in [1.29, 1.82) is 0 Å². The Bertz CT molecular complexity index is 867. The quantitative estimate of drug-likeness (QED) is 0.747. The van der Waals surface area contributed by atoms with Crippen LogP contribution in [-0.2, 0) is 11.3 Å². The second-order valence-electron chi connectivity index (χ2n) is 7.61. The van der Waals surface area contributed by atoms with Crippen molar-refractivity contribution in [2.24, 2.45) is 0 Å². The van der Waals surface area contributed by atoms with Gasteiger partial charge in [-0.05, 0) is 18.4 Å². The average molecular weight is 396 g/mol. The van der Waals surface area contributed by atoms with Gasteiger partial charge in [0, 0.05) is 24.8 Å². The average Bonchev–Trinajstić information content (AvgIpc) is 3.37. The van der Waals surface area contributed by atoms with Gasteiger partial charge in [-0.2, -0.15) is 5.10 Å². The molecule has 1 aromatic carbocycles. The molecule has 154 valence electrons. The van der Waals surface area contributed by atoms with Crippen LogP contribution in [0.4, 0.5) is 4.79 Å². The number of hydrogen-bond acceptors (Lipinski definition) is 5. The van der Waals surface area contributed by atoms with E-state index in [2.05, 4.69) is 27.9 Å². The Balaban J connectivity index is 1.52. The smallest absolute Gasteiger partial charge is 0.307 e. The molecule has 2 aromatic rings. The summed E-state index contributed by atoms with van der Waals surface area (Å²) in [5.74, 6) is -0.152. The SMILES string of the molecule is CCCN1C(=O)C2NC(c3cnn(Cc4ccccc4)c3)NC2N(CCC)C1=O. The predicted octanol–water partition coefficient (Wildman–Crippen LogP) is 1.90. The molecule has 2 saturated heterocycles. The van der Waals surface area contributed by atoms with Crippen LogP contribution in [0.1, 0.15) is 44.0 Å². The van der Waals surface area contributed by atoms with Crippen molar-refractivity contribution in [1.82, 2.24) is 30.2 Å². The van der Waals surface area contributed by atoms with Gasteiger partial charge in [-0.1, -0.05) is 44.2 Å². The number of imide groups is 1. The van der Waals surface area contributed by atoms with E-state index in [9.17, 15) is 9.59 Å². The molecule has 4 rings (SSSR count). The van der Waals surface area contributed by atoms with Crippen molar-refractivity contribution < 1.29 is 9.59 Å². The minimum absolute atomic E-state index is 0.152. The van der Waals surface area contributed by atoms with Gasteiger partial charge >= 0.3 is 6.03 Å². The maximum absolute atomic E-state index is 12.9. The fourth-order valence-corrected chi connectivity index (χ4v) is 4.08. The Morgan fingerprint density at radius 3 is 2.52 bits per heavy atom. The van der Waals surface area contributed by atoms with Gasteiger partial charge in [0.15, 0.2) is 0 Å². The fourth-order valence-electron chi connectivity index (χ4n) is 4.08. The Morgan fingerprint density at radius 1 is 1.03 bits per heavy atom. The van der Waals surface area contributed by atoms with Crippen LogP contribution in [0.5, 0.6) is 0 Å².